The second-order valence-corrected chi connectivity index (χ2v) is 5.08. The molecular weight excluding hydrogens is 274 g/mol. The molecule has 1 saturated carbocycles. The first-order valence-corrected chi connectivity index (χ1v) is 7.02. The van der Waals surface area contributed by atoms with Crippen LogP contribution in [0.2, 0.25) is 0 Å². The summed E-state index contributed by atoms with van der Waals surface area (Å²) in [6.45, 7) is 4.65. The van der Waals surface area contributed by atoms with Crippen molar-refractivity contribution < 1.29 is 14.8 Å². The number of aromatic carboxylic acids is 1. The summed E-state index contributed by atoms with van der Waals surface area (Å²) in [6.07, 6.45) is 2.49. The molecule has 7 heteroatoms. The molecule has 1 aliphatic rings. The Morgan fingerprint density at radius 3 is 2.76 bits per heavy atom. The molecule has 1 fully saturated rings. The average Bonchev–Trinajstić information content (AvgIpc) is 3.27. The zero-order valence-corrected chi connectivity index (χ0v) is 11.9. The van der Waals surface area contributed by atoms with Crippen LogP contribution >= 0.6 is 0 Å². The second-order valence-electron chi connectivity index (χ2n) is 5.08. The van der Waals surface area contributed by atoms with Gasteiger partial charge in [0.2, 0.25) is 0 Å². The molecule has 1 aromatic carbocycles. The van der Waals surface area contributed by atoms with Gasteiger partial charge in [0, 0.05) is 30.9 Å². The van der Waals surface area contributed by atoms with Gasteiger partial charge in [-0.3, -0.25) is 15.0 Å². The monoisotopic (exact) mass is 293 g/mol. The Kier molecular flexibility index (Phi) is 4.74. The fourth-order valence-electron chi connectivity index (χ4n) is 2.36. The molecular formula is C14H19N3O4. The van der Waals surface area contributed by atoms with Crippen molar-refractivity contribution in [1.82, 2.24) is 4.90 Å². The minimum absolute atomic E-state index is 0.293. The number of nitrogens with zero attached hydrogens (tertiary/aromatic N) is 2. The van der Waals surface area contributed by atoms with Gasteiger partial charge in [-0.2, -0.15) is 0 Å². The Morgan fingerprint density at radius 1 is 1.52 bits per heavy atom. The number of nitro benzene ring substituents is 1. The molecule has 21 heavy (non-hydrogen) atoms. The first-order valence-electron chi connectivity index (χ1n) is 7.02. The summed E-state index contributed by atoms with van der Waals surface area (Å²) in [5.41, 5.74) is -0.112. The molecule has 0 radical (unpaired) electrons. The Labute approximate surface area is 122 Å². The normalized spacial score (nSPS) is 14.2. The van der Waals surface area contributed by atoms with Crippen LogP contribution in [0.4, 0.5) is 11.4 Å². The summed E-state index contributed by atoms with van der Waals surface area (Å²) < 4.78 is 0. The van der Waals surface area contributed by atoms with E-state index in [1.54, 1.807) is 6.07 Å². The predicted molar refractivity (Wildman–Crippen MR) is 78.8 cm³/mol. The van der Waals surface area contributed by atoms with E-state index in [4.69, 9.17) is 5.11 Å². The molecule has 0 spiro atoms. The smallest absolute Gasteiger partial charge is 0.342 e. The highest BCUT2D eigenvalue weighted by molar-refractivity contribution is 5.93. The predicted octanol–water partition coefficient (Wildman–Crippen LogP) is 2.19. The molecule has 7 nitrogen and oxygen atoms in total. The van der Waals surface area contributed by atoms with Gasteiger partial charge in [0.25, 0.3) is 5.69 Å². The van der Waals surface area contributed by atoms with Crippen LogP contribution in [0.25, 0.3) is 0 Å². The van der Waals surface area contributed by atoms with Crippen molar-refractivity contribution in [1.29, 1.82) is 0 Å². The number of rotatable bonds is 8. The molecule has 114 valence electrons. The third kappa shape index (κ3) is 3.91. The number of anilines is 1. The SMILES string of the molecule is CCN(CCNc1ccc(C(=O)O)c([N+](=O)[O-])c1)C1CC1. The average molecular weight is 293 g/mol. The summed E-state index contributed by atoms with van der Waals surface area (Å²) in [6, 6.07) is 4.78. The highest BCUT2D eigenvalue weighted by atomic mass is 16.6. The van der Waals surface area contributed by atoms with Crippen LogP contribution in [0, 0.1) is 10.1 Å². The molecule has 0 amide bonds. The first kappa shape index (κ1) is 15.2. The molecule has 0 aromatic heterocycles. The van der Waals surface area contributed by atoms with E-state index in [2.05, 4.69) is 17.1 Å². The van der Waals surface area contributed by atoms with Gasteiger partial charge in [0.1, 0.15) is 5.56 Å². The van der Waals surface area contributed by atoms with Crippen LogP contribution in [0.5, 0.6) is 0 Å². The van der Waals surface area contributed by atoms with Gasteiger partial charge in [-0.05, 0) is 31.5 Å². The summed E-state index contributed by atoms with van der Waals surface area (Å²) in [4.78, 5) is 23.5. The molecule has 0 atom stereocenters. The molecule has 0 saturated heterocycles. The van der Waals surface area contributed by atoms with Crippen LogP contribution in [-0.4, -0.2) is 46.6 Å². The van der Waals surface area contributed by atoms with Gasteiger partial charge in [-0.15, -0.1) is 0 Å². The lowest BCUT2D eigenvalue weighted by Crippen LogP contribution is -2.30. The van der Waals surface area contributed by atoms with Crippen molar-refractivity contribution in [3.63, 3.8) is 0 Å². The Bertz CT molecular complexity index is 543. The maximum Gasteiger partial charge on any atom is 0.342 e. The van der Waals surface area contributed by atoms with Crippen molar-refractivity contribution in [3.05, 3.63) is 33.9 Å². The lowest BCUT2D eigenvalue weighted by molar-refractivity contribution is -0.385. The van der Waals surface area contributed by atoms with Crippen molar-refractivity contribution >= 4 is 17.3 Å². The fourth-order valence-corrected chi connectivity index (χ4v) is 2.36. The van der Waals surface area contributed by atoms with Gasteiger partial charge in [0.15, 0.2) is 0 Å². The van der Waals surface area contributed by atoms with Crippen molar-refractivity contribution in [2.45, 2.75) is 25.8 Å². The van der Waals surface area contributed by atoms with Gasteiger partial charge in [-0.1, -0.05) is 6.92 Å². The number of hydrogen-bond donors (Lipinski definition) is 2. The molecule has 0 unspecified atom stereocenters. The Hall–Kier alpha value is -2.15. The van der Waals surface area contributed by atoms with Gasteiger partial charge < -0.3 is 10.4 Å². The van der Waals surface area contributed by atoms with Crippen LogP contribution in [0.3, 0.4) is 0 Å². The van der Waals surface area contributed by atoms with Gasteiger partial charge in [0.05, 0.1) is 4.92 Å². The van der Waals surface area contributed by atoms with Crippen LogP contribution < -0.4 is 5.32 Å². The van der Waals surface area contributed by atoms with Crippen molar-refractivity contribution in [3.8, 4) is 0 Å². The first-order chi connectivity index (χ1) is 10.0. The highest BCUT2D eigenvalue weighted by Crippen LogP contribution is 2.26. The topological polar surface area (TPSA) is 95.7 Å². The number of benzene rings is 1. The van der Waals surface area contributed by atoms with Crippen molar-refractivity contribution in [2.24, 2.45) is 0 Å². The third-order valence-electron chi connectivity index (χ3n) is 3.62. The molecule has 2 N–H and O–H groups in total. The minimum Gasteiger partial charge on any atom is -0.477 e. The number of hydrogen-bond acceptors (Lipinski definition) is 5. The molecule has 0 heterocycles. The molecule has 1 aromatic rings. The largest absolute Gasteiger partial charge is 0.477 e. The van der Waals surface area contributed by atoms with E-state index < -0.39 is 10.9 Å². The molecule has 1 aliphatic carbocycles. The number of likely N-dealkylation sites (N-methyl/N-ethyl adjacent to an activating group) is 1. The number of nitro groups is 1. The summed E-state index contributed by atoms with van der Waals surface area (Å²) >= 11 is 0. The maximum absolute atomic E-state index is 10.9. The van der Waals surface area contributed by atoms with E-state index >= 15 is 0 Å². The zero-order chi connectivity index (χ0) is 15.4. The zero-order valence-electron chi connectivity index (χ0n) is 11.9. The molecule has 2 rings (SSSR count). The lowest BCUT2D eigenvalue weighted by atomic mass is 10.1. The van der Waals surface area contributed by atoms with Gasteiger partial charge >= 0.3 is 5.97 Å². The standard InChI is InChI=1S/C14H19N3O4/c1-2-16(11-4-5-11)8-7-15-10-3-6-12(14(18)19)13(9-10)17(20)21/h3,6,9,11,15H,2,4-5,7-8H2,1H3,(H,18,19). The number of carboxylic acid groups (broad SMARTS) is 1. The summed E-state index contributed by atoms with van der Waals surface area (Å²) in [7, 11) is 0. The van der Waals surface area contributed by atoms with Gasteiger partial charge in [-0.25, -0.2) is 4.79 Å². The molecule has 0 aliphatic heterocycles. The number of nitrogens with one attached hydrogen (secondary N) is 1. The van der Waals surface area contributed by atoms with E-state index in [0.29, 0.717) is 18.3 Å². The van der Waals surface area contributed by atoms with Crippen LogP contribution in [0.15, 0.2) is 18.2 Å². The van der Waals surface area contributed by atoms with Crippen LogP contribution in [-0.2, 0) is 0 Å². The van der Waals surface area contributed by atoms with Crippen molar-refractivity contribution in [2.75, 3.05) is 25.0 Å². The second kappa shape index (κ2) is 6.53. The Balaban J connectivity index is 1.98. The third-order valence-corrected chi connectivity index (χ3v) is 3.62. The minimum atomic E-state index is -1.29. The number of carbonyl (C=O) groups is 1. The van der Waals surface area contributed by atoms with E-state index in [1.807, 2.05) is 0 Å². The van der Waals surface area contributed by atoms with Crippen LogP contribution in [0.1, 0.15) is 30.1 Å². The van der Waals surface area contributed by atoms with E-state index in [-0.39, 0.29) is 11.3 Å². The van der Waals surface area contributed by atoms with E-state index in [9.17, 15) is 14.9 Å². The maximum atomic E-state index is 10.9. The highest BCUT2D eigenvalue weighted by Gasteiger charge is 2.27. The fraction of sp³-hybridized carbons (Fsp3) is 0.500. The number of carboxylic acids is 1. The summed E-state index contributed by atoms with van der Waals surface area (Å²) in [5, 5.41) is 22.9. The quantitative estimate of drug-likeness (QED) is 0.563. The molecule has 0 bridgehead atoms. The Morgan fingerprint density at radius 2 is 2.24 bits per heavy atom. The van der Waals surface area contributed by atoms with E-state index in [1.165, 1.54) is 25.0 Å². The lowest BCUT2D eigenvalue weighted by Gasteiger charge is -2.20. The summed E-state index contributed by atoms with van der Waals surface area (Å²) in [5.74, 6) is -1.29. The van der Waals surface area contributed by atoms with E-state index in [0.717, 1.165) is 13.1 Å².